The molecule has 1 fully saturated rings. The van der Waals surface area contributed by atoms with Gasteiger partial charge in [-0.05, 0) is 25.2 Å². The van der Waals surface area contributed by atoms with Crippen molar-refractivity contribution in [1.29, 1.82) is 0 Å². The standard InChI is InChI=1S/C26H34N6O/c1-3-30(4-2)17-18-32-22-10-9-21(28-13-16-31-14-11-27-12-15-31)23-24(22)25(29-32)19-7-5-6-8-20(19)26(23)33/h5-10,27-28H,3-4,11-18H2,1-2H3. The SMILES string of the molecule is CCN(CC)CCn1nc2c3c(c(NCCN4CCNCC4)ccc31)C(=O)c1ccccc1-2. The van der Waals surface area contributed by atoms with Gasteiger partial charge in [-0.25, -0.2) is 0 Å². The van der Waals surface area contributed by atoms with Gasteiger partial charge in [0.15, 0.2) is 5.78 Å². The molecule has 0 atom stereocenters. The Bertz CT molecular complexity index is 1140. The maximum atomic E-state index is 13.6. The third-order valence-corrected chi connectivity index (χ3v) is 7.05. The van der Waals surface area contributed by atoms with E-state index >= 15 is 0 Å². The van der Waals surface area contributed by atoms with Gasteiger partial charge in [0.1, 0.15) is 5.69 Å². The number of carbonyl (C=O) groups excluding carboxylic acids is 1. The number of likely N-dealkylation sites (N-methyl/N-ethyl adjacent to an activating group) is 1. The molecular formula is C26H34N6O. The van der Waals surface area contributed by atoms with Crippen LogP contribution in [0.5, 0.6) is 0 Å². The van der Waals surface area contributed by atoms with Crippen LogP contribution >= 0.6 is 0 Å². The van der Waals surface area contributed by atoms with Crippen molar-refractivity contribution in [2.75, 3.05) is 64.2 Å². The van der Waals surface area contributed by atoms with Gasteiger partial charge in [-0.15, -0.1) is 0 Å². The number of hydrogen-bond acceptors (Lipinski definition) is 6. The maximum Gasteiger partial charge on any atom is 0.196 e. The van der Waals surface area contributed by atoms with Crippen molar-refractivity contribution in [2.45, 2.75) is 20.4 Å². The predicted octanol–water partition coefficient (Wildman–Crippen LogP) is 2.91. The summed E-state index contributed by atoms with van der Waals surface area (Å²) in [6, 6.07) is 12.1. The fourth-order valence-electron chi connectivity index (χ4n) is 5.09. The lowest BCUT2D eigenvalue weighted by molar-refractivity contribution is 0.104. The first-order valence-electron chi connectivity index (χ1n) is 12.3. The van der Waals surface area contributed by atoms with E-state index in [-0.39, 0.29) is 5.78 Å². The van der Waals surface area contributed by atoms with Crippen LogP contribution in [-0.4, -0.2) is 84.3 Å². The van der Waals surface area contributed by atoms with E-state index in [0.29, 0.717) is 0 Å². The van der Waals surface area contributed by atoms with Crippen molar-refractivity contribution >= 4 is 22.4 Å². The average Bonchev–Trinajstić information content (AvgIpc) is 3.23. The Hall–Kier alpha value is -2.74. The molecule has 3 aromatic rings. The maximum absolute atomic E-state index is 13.6. The number of hydrogen-bond donors (Lipinski definition) is 2. The van der Waals surface area contributed by atoms with Crippen molar-refractivity contribution in [3.05, 3.63) is 47.5 Å². The van der Waals surface area contributed by atoms with Crippen molar-refractivity contribution in [3.8, 4) is 11.3 Å². The zero-order chi connectivity index (χ0) is 22.8. The lowest BCUT2D eigenvalue weighted by atomic mass is 9.86. The fraction of sp³-hybridized carbons (Fsp3) is 0.462. The van der Waals surface area contributed by atoms with E-state index in [4.69, 9.17) is 5.10 Å². The molecule has 0 amide bonds. The molecule has 0 saturated carbocycles. The first kappa shape index (κ1) is 22.1. The molecule has 2 N–H and O–H groups in total. The lowest BCUT2D eigenvalue weighted by Crippen LogP contribution is -2.45. The minimum Gasteiger partial charge on any atom is -0.383 e. The summed E-state index contributed by atoms with van der Waals surface area (Å²) in [7, 11) is 0. The number of piperazine rings is 1. The fourth-order valence-corrected chi connectivity index (χ4v) is 5.09. The molecule has 1 aliphatic carbocycles. The van der Waals surface area contributed by atoms with Gasteiger partial charge in [0, 0.05) is 68.0 Å². The zero-order valence-electron chi connectivity index (χ0n) is 19.7. The third-order valence-electron chi connectivity index (χ3n) is 7.05. The lowest BCUT2D eigenvalue weighted by Gasteiger charge is -2.27. The molecule has 1 saturated heterocycles. The molecule has 174 valence electrons. The highest BCUT2D eigenvalue weighted by atomic mass is 16.1. The van der Waals surface area contributed by atoms with Gasteiger partial charge in [0.2, 0.25) is 0 Å². The van der Waals surface area contributed by atoms with Gasteiger partial charge in [-0.3, -0.25) is 14.4 Å². The number of benzene rings is 2. The summed E-state index contributed by atoms with van der Waals surface area (Å²) in [6.45, 7) is 14.2. The highest BCUT2D eigenvalue weighted by molar-refractivity contribution is 6.27. The number of fused-ring (bicyclic) bond motifs is 2. The average molecular weight is 447 g/mol. The van der Waals surface area contributed by atoms with Gasteiger partial charge in [0.25, 0.3) is 0 Å². The van der Waals surface area contributed by atoms with Gasteiger partial charge in [0.05, 0.1) is 17.6 Å². The predicted molar refractivity (Wildman–Crippen MR) is 134 cm³/mol. The number of aromatic nitrogens is 2. The number of carbonyl (C=O) groups is 1. The smallest absolute Gasteiger partial charge is 0.196 e. The quantitative estimate of drug-likeness (QED) is 0.412. The second-order valence-corrected chi connectivity index (χ2v) is 8.87. The number of nitrogens with zero attached hydrogens (tertiary/aromatic N) is 4. The van der Waals surface area contributed by atoms with Crippen molar-refractivity contribution in [2.24, 2.45) is 0 Å². The monoisotopic (exact) mass is 446 g/mol. The number of ketones is 1. The van der Waals surface area contributed by atoms with Crippen LogP contribution in [0.1, 0.15) is 29.8 Å². The van der Waals surface area contributed by atoms with Gasteiger partial charge in [-0.2, -0.15) is 5.10 Å². The van der Waals surface area contributed by atoms with E-state index in [9.17, 15) is 4.79 Å². The van der Waals surface area contributed by atoms with E-state index < -0.39 is 0 Å². The van der Waals surface area contributed by atoms with E-state index in [1.165, 1.54) is 0 Å². The molecule has 5 rings (SSSR count). The summed E-state index contributed by atoms with van der Waals surface area (Å²) in [5, 5.41) is 13.0. The van der Waals surface area contributed by atoms with Crippen molar-refractivity contribution < 1.29 is 4.79 Å². The van der Waals surface area contributed by atoms with Gasteiger partial charge < -0.3 is 15.5 Å². The number of rotatable bonds is 9. The largest absolute Gasteiger partial charge is 0.383 e. The number of anilines is 1. The van der Waals surface area contributed by atoms with Gasteiger partial charge in [-0.1, -0.05) is 38.1 Å². The Labute approximate surface area is 195 Å². The highest BCUT2D eigenvalue weighted by Gasteiger charge is 2.31. The summed E-state index contributed by atoms with van der Waals surface area (Å²) in [4.78, 5) is 18.5. The molecule has 2 aliphatic rings. The Balaban J connectivity index is 1.50. The van der Waals surface area contributed by atoms with Crippen LogP contribution in [0.2, 0.25) is 0 Å². The first-order chi connectivity index (χ1) is 16.2. The van der Waals surface area contributed by atoms with Crippen LogP contribution in [0.3, 0.4) is 0 Å². The Morgan fingerprint density at radius 1 is 1.03 bits per heavy atom. The second-order valence-electron chi connectivity index (χ2n) is 8.87. The van der Waals surface area contributed by atoms with Gasteiger partial charge >= 0.3 is 0 Å². The summed E-state index contributed by atoms with van der Waals surface area (Å²) in [5.41, 5.74) is 5.36. The molecule has 0 bridgehead atoms. The molecule has 1 aliphatic heterocycles. The minimum absolute atomic E-state index is 0.0941. The highest BCUT2D eigenvalue weighted by Crippen LogP contribution is 2.41. The molecule has 0 spiro atoms. The molecule has 2 aromatic carbocycles. The Kier molecular flexibility index (Phi) is 6.44. The summed E-state index contributed by atoms with van der Waals surface area (Å²) < 4.78 is 2.09. The molecular weight excluding hydrogens is 412 g/mol. The Morgan fingerprint density at radius 3 is 2.55 bits per heavy atom. The zero-order valence-corrected chi connectivity index (χ0v) is 19.7. The third kappa shape index (κ3) is 4.16. The molecule has 7 nitrogen and oxygen atoms in total. The summed E-state index contributed by atoms with van der Waals surface area (Å²) in [5.74, 6) is 0.0941. The van der Waals surface area contributed by atoms with Crippen LogP contribution in [0, 0.1) is 0 Å². The van der Waals surface area contributed by atoms with Crippen molar-refractivity contribution in [1.82, 2.24) is 24.9 Å². The Morgan fingerprint density at radius 2 is 1.79 bits per heavy atom. The number of nitrogens with one attached hydrogen (secondary N) is 2. The van der Waals surface area contributed by atoms with E-state index in [1.807, 2.05) is 24.3 Å². The summed E-state index contributed by atoms with van der Waals surface area (Å²) in [6.07, 6.45) is 0. The van der Waals surface area contributed by atoms with Crippen LogP contribution in [0.25, 0.3) is 22.2 Å². The molecule has 0 radical (unpaired) electrons. The normalized spacial score (nSPS) is 15.9. The first-order valence-corrected chi connectivity index (χ1v) is 12.3. The van der Waals surface area contributed by atoms with E-state index in [2.05, 4.69) is 51.1 Å². The second kappa shape index (κ2) is 9.63. The molecule has 0 unspecified atom stereocenters. The molecule has 2 heterocycles. The van der Waals surface area contributed by atoms with Crippen LogP contribution in [0.4, 0.5) is 5.69 Å². The summed E-state index contributed by atoms with van der Waals surface area (Å²) >= 11 is 0. The van der Waals surface area contributed by atoms with Crippen LogP contribution < -0.4 is 10.6 Å². The van der Waals surface area contributed by atoms with E-state index in [1.54, 1.807) is 0 Å². The minimum atomic E-state index is 0.0941. The molecule has 33 heavy (non-hydrogen) atoms. The topological polar surface area (TPSA) is 65.4 Å². The molecule has 1 aromatic heterocycles. The van der Waals surface area contributed by atoms with Crippen molar-refractivity contribution in [3.63, 3.8) is 0 Å². The van der Waals surface area contributed by atoms with Crippen LogP contribution in [-0.2, 0) is 6.54 Å². The van der Waals surface area contributed by atoms with E-state index in [0.717, 1.165) is 104 Å². The van der Waals surface area contributed by atoms with Crippen LogP contribution in [0.15, 0.2) is 36.4 Å². The molecule has 7 heteroatoms.